The highest BCUT2D eigenvalue weighted by Gasteiger charge is 2.08. The number of hydrogen-bond acceptors (Lipinski definition) is 5. The number of aliphatic hydroxyl groups is 1. The van der Waals surface area contributed by atoms with Crippen molar-refractivity contribution in [2.45, 2.75) is 26.1 Å². The van der Waals surface area contributed by atoms with Gasteiger partial charge in [-0.15, -0.1) is 10.2 Å². The zero-order valence-electron chi connectivity index (χ0n) is 11.9. The van der Waals surface area contributed by atoms with E-state index in [1.807, 2.05) is 11.5 Å². The minimum absolute atomic E-state index is 0.0222. The molecule has 0 aliphatic rings. The molecular formula is C14H19FN4O2. The first-order valence-corrected chi connectivity index (χ1v) is 6.83. The van der Waals surface area contributed by atoms with E-state index in [1.165, 1.54) is 12.1 Å². The van der Waals surface area contributed by atoms with Crippen LogP contribution in [0.25, 0.3) is 0 Å². The Balaban J connectivity index is 1.70. The van der Waals surface area contributed by atoms with Crippen LogP contribution in [-0.2, 0) is 13.1 Å². The van der Waals surface area contributed by atoms with E-state index in [4.69, 9.17) is 4.74 Å². The van der Waals surface area contributed by atoms with E-state index in [1.54, 1.807) is 18.5 Å². The molecule has 0 aliphatic heterocycles. The van der Waals surface area contributed by atoms with Gasteiger partial charge in [0.2, 0.25) is 0 Å². The molecule has 21 heavy (non-hydrogen) atoms. The molecule has 2 aromatic rings. The van der Waals surface area contributed by atoms with E-state index in [-0.39, 0.29) is 12.4 Å². The summed E-state index contributed by atoms with van der Waals surface area (Å²) < 4.78 is 20.5. The first kappa shape index (κ1) is 15.4. The van der Waals surface area contributed by atoms with Gasteiger partial charge in [-0.3, -0.25) is 0 Å². The molecule has 6 nitrogen and oxygen atoms in total. The van der Waals surface area contributed by atoms with Gasteiger partial charge in [-0.1, -0.05) is 12.1 Å². The third-order valence-electron chi connectivity index (χ3n) is 2.97. The van der Waals surface area contributed by atoms with Crippen molar-refractivity contribution in [1.29, 1.82) is 0 Å². The Morgan fingerprint density at radius 1 is 1.43 bits per heavy atom. The van der Waals surface area contributed by atoms with Crippen molar-refractivity contribution >= 4 is 0 Å². The van der Waals surface area contributed by atoms with Crippen LogP contribution in [0.5, 0.6) is 5.75 Å². The zero-order valence-corrected chi connectivity index (χ0v) is 11.9. The van der Waals surface area contributed by atoms with E-state index >= 15 is 0 Å². The molecule has 1 unspecified atom stereocenters. The van der Waals surface area contributed by atoms with Crippen molar-refractivity contribution < 1.29 is 14.2 Å². The number of hydrogen-bond donors (Lipinski definition) is 2. The summed E-state index contributed by atoms with van der Waals surface area (Å²) in [5, 5.41) is 20.7. The van der Waals surface area contributed by atoms with Gasteiger partial charge in [-0.25, -0.2) is 4.39 Å². The molecule has 0 spiro atoms. The number of nitrogens with one attached hydrogen (secondary N) is 1. The third-order valence-corrected chi connectivity index (χ3v) is 2.97. The zero-order chi connectivity index (χ0) is 15.1. The summed E-state index contributed by atoms with van der Waals surface area (Å²) in [5.41, 5.74) is 0. The van der Waals surface area contributed by atoms with Crippen molar-refractivity contribution in [1.82, 2.24) is 20.1 Å². The molecule has 0 radical (unpaired) electrons. The van der Waals surface area contributed by atoms with Gasteiger partial charge in [0, 0.05) is 13.1 Å². The fourth-order valence-electron chi connectivity index (χ4n) is 1.84. The van der Waals surface area contributed by atoms with E-state index in [2.05, 4.69) is 15.5 Å². The van der Waals surface area contributed by atoms with Crippen molar-refractivity contribution in [3.05, 3.63) is 42.2 Å². The van der Waals surface area contributed by atoms with Gasteiger partial charge in [0.05, 0.1) is 6.54 Å². The number of aromatic nitrogens is 3. The Morgan fingerprint density at radius 2 is 2.24 bits per heavy atom. The third kappa shape index (κ3) is 4.51. The number of aliphatic hydroxyl groups excluding tert-OH is 1. The quantitative estimate of drug-likeness (QED) is 0.759. The maximum absolute atomic E-state index is 13.3. The lowest BCUT2D eigenvalue weighted by Crippen LogP contribution is -2.32. The Hall–Kier alpha value is -1.99. The molecule has 1 aromatic carbocycles. The molecule has 0 aliphatic carbocycles. The van der Waals surface area contributed by atoms with Crippen molar-refractivity contribution in [2.24, 2.45) is 0 Å². The van der Waals surface area contributed by atoms with Gasteiger partial charge in [0.25, 0.3) is 0 Å². The van der Waals surface area contributed by atoms with Gasteiger partial charge < -0.3 is 19.7 Å². The van der Waals surface area contributed by atoms with Crippen LogP contribution in [0.15, 0.2) is 30.6 Å². The van der Waals surface area contributed by atoms with Crippen LogP contribution < -0.4 is 10.1 Å². The number of nitrogens with zero attached hydrogens (tertiary/aromatic N) is 3. The van der Waals surface area contributed by atoms with E-state index < -0.39 is 11.9 Å². The summed E-state index contributed by atoms with van der Waals surface area (Å²) in [6.07, 6.45) is 0.928. The smallest absolute Gasteiger partial charge is 0.165 e. The second kappa shape index (κ2) is 7.70. The van der Waals surface area contributed by atoms with Gasteiger partial charge in [-0.05, 0) is 19.1 Å². The summed E-state index contributed by atoms with van der Waals surface area (Å²) >= 11 is 0. The monoisotopic (exact) mass is 294 g/mol. The van der Waals surface area contributed by atoms with Crippen LogP contribution in [0.1, 0.15) is 12.7 Å². The second-order valence-electron chi connectivity index (χ2n) is 4.56. The molecule has 0 bridgehead atoms. The predicted octanol–water partition coefficient (Wildman–Crippen LogP) is 0.967. The summed E-state index contributed by atoms with van der Waals surface area (Å²) in [7, 11) is 0. The molecule has 0 saturated carbocycles. The van der Waals surface area contributed by atoms with Gasteiger partial charge in [0.1, 0.15) is 24.9 Å². The van der Waals surface area contributed by atoms with Crippen molar-refractivity contribution in [3.8, 4) is 5.75 Å². The fourth-order valence-corrected chi connectivity index (χ4v) is 1.84. The molecular weight excluding hydrogens is 275 g/mol. The highest BCUT2D eigenvalue weighted by molar-refractivity contribution is 5.23. The Labute approximate surface area is 122 Å². The fraction of sp³-hybridized carbons (Fsp3) is 0.429. The minimum Gasteiger partial charge on any atom is -0.488 e. The highest BCUT2D eigenvalue weighted by atomic mass is 19.1. The van der Waals surface area contributed by atoms with Crippen LogP contribution in [-0.4, -0.2) is 39.1 Å². The maximum atomic E-state index is 13.3. The molecule has 1 atom stereocenters. The Morgan fingerprint density at radius 3 is 3.00 bits per heavy atom. The molecule has 1 heterocycles. The summed E-state index contributed by atoms with van der Waals surface area (Å²) in [6, 6.07) is 6.11. The Kier molecular flexibility index (Phi) is 5.65. The number of benzene rings is 1. The average Bonchev–Trinajstić information content (AvgIpc) is 2.94. The van der Waals surface area contributed by atoms with Crippen LogP contribution in [0, 0.1) is 5.82 Å². The Bertz CT molecular complexity index is 561. The van der Waals surface area contributed by atoms with Gasteiger partial charge in [0.15, 0.2) is 11.6 Å². The maximum Gasteiger partial charge on any atom is 0.165 e. The minimum atomic E-state index is -0.734. The van der Waals surface area contributed by atoms with Crippen LogP contribution in [0.3, 0.4) is 0 Å². The lowest BCUT2D eigenvalue weighted by Gasteiger charge is -2.13. The standard InChI is InChI=1S/C14H19FN4O2/c1-2-19-10-17-18-14(19)8-16-7-11(20)9-21-13-6-4-3-5-12(13)15/h3-6,10-11,16,20H,2,7-9H2,1H3. The predicted molar refractivity (Wildman–Crippen MR) is 75.3 cm³/mol. The number of para-hydroxylation sites is 1. The summed E-state index contributed by atoms with van der Waals surface area (Å²) in [5.74, 6) is 0.510. The number of ether oxygens (including phenoxy) is 1. The lowest BCUT2D eigenvalue weighted by molar-refractivity contribution is 0.103. The summed E-state index contributed by atoms with van der Waals surface area (Å²) in [6.45, 7) is 3.65. The molecule has 1 aromatic heterocycles. The first-order chi connectivity index (χ1) is 10.2. The van der Waals surface area contributed by atoms with E-state index in [0.29, 0.717) is 13.1 Å². The topological polar surface area (TPSA) is 72.2 Å². The van der Waals surface area contributed by atoms with Gasteiger partial charge >= 0.3 is 0 Å². The second-order valence-corrected chi connectivity index (χ2v) is 4.56. The van der Waals surface area contributed by atoms with E-state index in [0.717, 1.165) is 12.4 Å². The van der Waals surface area contributed by atoms with Crippen molar-refractivity contribution in [2.75, 3.05) is 13.2 Å². The van der Waals surface area contributed by atoms with Crippen LogP contribution in [0.2, 0.25) is 0 Å². The van der Waals surface area contributed by atoms with E-state index in [9.17, 15) is 9.50 Å². The highest BCUT2D eigenvalue weighted by Crippen LogP contribution is 2.15. The molecule has 0 amide bonds. The molecule has 0 saturated heterocycles. The lowest BCUT2D eigenvalue weighted by atomic mass is 10.3. The van der Waals surface area contributed by atoms with Crippen LogP contribution >= 0.6 is 0 Å². The average molecular weight is 294 g/mol. The number of rotatable bonds is 8. The SMILES string of the molecule is CCn1cnnc1CNCC(O)COc1ccccc1F. The normalized spacial score (nSPS) is 12.3. The van der Waals surface area contributed by atoms with Crippen molar-refractivity contribution in [3.63, 3.8) is 0 Å². The number of halogens is 1. The first-order valence-electron chi connectivity index (χ1n) is 6.83. The molecule has 0 fully saturated rings. The number of aryl methyl sites for hydroxylation is 1. The largest absolute Gasteiger partial charge is 0.488 e. The summed E-state index contributed by atoms with van der Waals surface area (Å²) in [4.78, 5) is 0. The van der Waals surface area contributed by atoms with Gasteiger partial charge in [-0.2, -0.15) is 0 Å². The molecule has 7 heteroatoms. The molecule has 114 valence electrons. The van der Waals surface area contributed by atoms with Crippen LogP contribution in [0.4, 0.5) is 4.39 Å². The molecule has 2 rings (SSSR count). The molecule has 2 N–H and O–H groups in total.